The van der Waals surface area contributed by atoms with E-state index in [1.54, 1.807) is 38.1 Å². The molecule has 2 nitrogen and oxygen atoms in total. The van der Waals surface area contributed by atoms with Gasteiger partial charge in [0.1, 0.15) is 11.5 Å². The van der Waals surface area contributed by atoms with Crippen LogP contribution >= 0.6 is 23.2 Å². The average Bonchev–Trinajstić information content (AvgIpc) is 2.61. The van der Waals surface area contributed by atoms with Crippen molar-refractivity contribution in [1.29, 1.82) is 0 Å². The summed E-state index contributed by atoms with van der Waals surface area (Å²) >= 11 is 11.7. The van der Waals surface area contributed by atoms with E-state index in [1.807, 2.05) is 0 Å². The van der Waals surface area contributed by atoms with Gasteiger partial charge in [-0.3, -0.25) is 4.79 Å². The van der Waals surface area contributed by atoms with Crippen molar-refractivity contribution in [3.63, 3.8) is 0 Å². The summed E-state index contributed by atoms with van der Waals surface area (Å²) in [5.74, 6) is 1.21. The number of furan rings is 1. The molecule has 0 amide bonds. The van der Waals surface area contributed by atoms with Crippen LogP contribution in [-0.4, -0.2) is 5.78 Å². The number of aryl methyl sites for hydroxylation is 2. The number of benzene rings is 1. The zero-order valence-electron chi connectivity index (χ0n) is 9.38. The van der Waals surface area contributed by atoms with Gasteiger partial charge in [0.2, 0.25) is 0 Å². The van der Waals surface area contributed by atoms with E-state index in [-0.39, 0.29) is 5.78 Å². The van der Waals surface area contributed by atoms with Crippen molar-refractivity contribution < 1.29 is 9.21 Å². The van der Waals surface area contributed by atoms with Crippen molar-refractivity contribution >= 4 is 29.0 Å². The smallest absolute Gasteiger partial charge is 0.196 e. The van der Waals surface area contributed by atoms with E-state index in [1.165, 1.54) is 0 Å². The molecule has 0 N–H and O–H groups in total. The highest BCUT2D eigenvalue weighted by atomic mass is 35.5. The van der Waals surface area contributed by atoms with E-state index in [0.717, 1.165) is 0 Å². The first-order valence-electron chi connectivity index (χ1n) is 5.06. The molecule has 2 aromatic rings. The summed E-state index contributed by atoms with van der Waals surface area (Å²) in [6.07, 6.45) is 0. The Morgan fingerprint density at radius 2 is 1.82 bits per heavy atom. The molecule has 88 valence electrons. The summed E-state index contributed by atoms with van der Waals surface area (Å²) in [5, 5.41) is 0.804. The summed E-state index contributed by atoms with van der Waals surface area (Å²) in [4.78, 5) is 12.2. The van der Waals surface area contributed by atoms with Gasteiger partial charge in [-0.15, -0.1) is 0 Å². The highest BCUT2D eigenvalue weighted by Crippen LogP contribution is 2.25. The molecule has 0 aliphatic rings. The number of hydrogen-bond donors (Lipinski definition) is 0. The molecule has 1 aromatic carbocycles. The fraction of sp³-hybridized carbons (Fsp3) is 0.154. The van der Waals surface area contributed by atoms with Crippen LogP contribution in [0.3, 0.4) is 0 Å². The quantitative estimate of drug-likeness (QED) is 0.755. The molecule has 0 unspecified atom stereocenters. The Morgan fingerprint density at radius 3 is 2.35 bits per heavy atom. The Hall–Kier alpha value is -1.25. The molecule has 2 rings (SSSR count). The molecule has 1 aromatic heterocycles. The van der Waals surface area contributed by atoms with Gasteiger partial charge in [-0.25, -0.2) is 0 Å². The van der Waals surface area contributed by atoms with Crippen LogP contribution in [0, 0.1) is 13.8 Å². The van der Waals surface area contributed by atoms with Gasteiger partial charge in [-0.05, 0) is 38.1 Å². The number of carbonyl (C=O) groups is 1. The third-order valence-corrected chi connectivity index (χ3v) is 3.21. The minimum absolute atomic E-state index is 0.113. The van der Waals surface area contributed by atoms with Crippen molar-refractivity contribution in [2.45, 2.75) is 13.8 Å². The second-order valence-corrected chi connectivity index (χ2v) is 4.60. The third-order valence-electron chi connectivity index (χ3n) is 2.47. The second kappa shape index (κ2) is 4.55. The normalized spacial score (nSPS) is 10.6. The van der Waals surface area contributed by atoms with Crippen molar-refractivity contribution in [2.24, 2.45) is 0 Å². The van der Waals surface area contributed by atoms with Crippen LogP contribution in [0.4, 0.5) is 0 Å². The topological polar surface area (TPSA) is 30.2 Å². The van der Waals surface area contributed by atoms with Crippen LogP contribution in [0.1, 0.15) is 27.4 Å². The van der Waals surface area contributed by atoms with Gasteiger partial charge in [0.05, 0.1) is 15.6 Å². The zero-order valence-corrected chi connectivity index (χ0v) is 10.9. The molecule has 0 radical (unpaired) electrons. The van der Waals surface area contributed by atoms with E-state index in [4.69, 9.17) is 27.6 Å². The highest BCUT2D eigenvalue weighted by molar-refractivity contribution is 6.42. The summed E-state index contributed by atoms with van der Waals surface area (Å²) in [6.45, 7) is 3.57. The van der Waals surface area contributed by atoms with E-state index in [2.05, 4.69) is 0 Å². The Kier molecular flexibility index (Phi) is 3.27. The van der Waals surface area contributed by atoms with Gasteiger partial charge in [0, 0.05) is 5.56 Å². The maximum Gasteiger partial charge on any atom is 0.196 e. The minimum atomic E-state index is -0.113. The lowest BCUT2D eigenvalue weighted by Crippen LogP contribution is -2.01. The maximum absolute atomic E-state index is 12.2. The van der Waals surface area contributed by atoms with Crippen LogP contribution in [0.15, 0.2) is 28.7 Å². The number of carbonyl (C=O) groups excluding carboxylic acids is 1. The largest absolute Gasteiger partial charge is 0.466 e. The maximum atomic E-state index is 12.2. The minimum Gasteiger partial charge on any atom is -0.466 e. The fourth-order valence-corrected chi connectivity index (χ4v) is 1.95. The summed E-state index contributed by atoms with van der Waals surface area (Å²) in [7, 11) is 0. The molecule has 1 heterocycles. The molecule has 17 heavy (non-hydrogen) atoms. The molecule has 0 fully saturated rings. The third kappa shape index (κ3) is 2.38. The monoisotopic (exact) mass is 268 g/mol. The standard InChI is InChI=1S/C13H10Cl2O2/c1-7-5-10(8(2)17-7)13(16)9-3-4-11(14)12(15)6-9/h3-6H,1-2H3. The molecule has 0 aliphatic carbocycles. The van der Waals surface area contributed by atoms with Crippen LogP contribution in [0.2, 0.25) is 10.0 Å². The zero-order chi connectivity index (χ0) is 12.6. The van der Waals surface area contributed by atoms with Crippen LogP contribution in [-0.2, 0) is 0 Å². The first-order valence-corrected chi connectivity index (χ1v) is 5.81. The second-order valence-electron chi connectivity index (χ2n) is 3.78. The highest BCUT2D eigenvalue weighted by Gasteiger charge is 2.16. The Labute approximate surface area is 109 Å². The molecule has 4 heteroatoms. The SMILES string of the molecule is Cc1cc(C(=O)c2ccc(Cl)c(Cl)c2)c(C)o1. The fourth-order valence-electron chi connectivity index (χ4n) is 1.65. The predicted molar refractivity (Wildman–Crippen MR) is 68.1 cm³/mol. The molecule has 0 bridgehead atoms. The lowest BCUT2D eigenvalue weighted by atomic mass is 10.0. The molecular weight excluding hydrogens is 259 g/mol. The lowest BCUT2D eigenvalue weighted by molar-refractivity contribution is 0.103. The predicted octanol–water partition coefficient (Wildman–Crippen LogP) is 4.43. The van der Waals surface area contributed by atoms with E-state index in [9.17, 15) is 4.79 Å². The Bertz CT molecular complexity index is 585. The van der Waals surface area contributed by atoms with Crippen LogP contribution in [0.5, 0.6) is 0 Å². The van der Waals surface area contributed by atoms with Crippen molar-refractivity contribution in [3.05, 3.63) is 57.0 Å². The van der Waals surface area contributed by atoms with Gasteiger partial charge >= 0.3 is 0 Å². The van der Waals surface area contributed by atoms with Gasteiger partial charge < -0.3 is 4.42 Å². The molecule has 0 saturated carbocycles. The first-order chi connectivity index (χ1) is 7.99. The van der Waals surface area contributed by atoms with Crippen molar-refractivity contribution in [2.75, 3.05) is 0 Å². The van der Waals surface area contributed by atoms with Gasteiger partial charge in [-0.2, -0.15) is 0 Å². The summed E-state index contributed by atoms with van der Waals surface area (Å²) in [6, 6.07) is 6.55. The molecule has 0 atom stereocenters. The van der Waals surface area contributed by atoms with Gasteiger partial charge in [0.15, 0.2) is 5.78 Å². The number of ketones is 1. The Morgan fingerprint density at radius 1 is 1.12 bits per heavy atom. The lowest BCUT2D eigenvalue weighted by Gasteiger charge is -2.01. The molecule has 0 saturated heterocycles. The van der Waals surface area contributed by atoms with Crippen molar-refractivity contribution in [3.8, 4) is 0 Å². The van der Waals surface area contributed by atoms with E-state index >= 15 is 0 Å². The summed E-state index contributed by atoms with van der Waals surface area (Å²) in [5.41, 5.74) is 1.06. The van der Waals surface area contributed by atoms with Crippen LogP contribution in [0.25, 0.3) is 0 Å². The summed E-state index contributed by atoms with van der Waals surface area (Å²) < 4.78 is 5.33. The number of halogens is 2. The number of rotatable bonds is 2. The van der Waals surface area contributed by atoms with E-state index in [0.29, 0.717) is 32.7 Å². The van der Waals surface area contributed by atoms with Gasteiger partial charge in [0.25, 0.3) is 0 Å². The average molecular weight is 269 g/mol. The Balaban J connectivity index is 2.44. The molecule has 0 aliphatic heterocycles. The molecular formula is C13H10Cl2O2. The first kappa shape index (κ1) is 12.2. The number of hydrogen-bond acceptors (Lipinski definition) is 2. The van der Waals surface area contributed by atoms with Crippen LogP contribution < -0.4 is 0 Å². The van der Waals surface area contributed by atoms with Crippen molar-refractivity contribution in [1.82, 2.24) is 0 Å². The molecule has 0 spiro atoms. The van der Waals surface area contributed by atoms with E-state index < -0.39 is 0 Å². The van der Waals surface area contributed by atoms with Gasteiger partial charge in [-0.1, -0.05) is 23.2 Å².